The smallest absolute Gasteiger partial charge is 0.119 e. The summed E-state index contributed by atoms with van der Waals surface area (Å²) in [5.74, 6) is 0.854. The minimum Gasteiger partial charge on any atom is -0.494 e. The Morgan fingerprint density at radius 2 is 1.46 bits per heavy atom. The van der Waals surface area contributed by atoms with Gasteiger partial charge in [-0.2, -0.15) is 10.2 Å². The molecular weight excluding hydrogens is 296 g/mol. The van der Waals surface area contributed by atoms with Crippen LogP contribution in [0.25, 0.3) is 0 Å². The molecule has 0 aliphatic carbocycles. The lowest BCUT2D eigenvalue weighted by atomic mass is 9.87. The van der Waals surface area contributed by atoms with E-state index in [4.69, 9.17) is 4.74 Å². The lowest BCUT2D eigenvalue weighted by Crippen LogP contribution is -2.10. The maximum absolute atomic E-state index is 5.65. The summed E-state index contributed by atoms with van der Waals surface area (Å²) in [6.07, 6.45) is 3.86. The Bertz CT molecular complexity index is 664. The van der Waals surface area contributed by atoms with Crippen molar-refractivity contribution in [3.05, 3.63) is 66.7 Å². The maximum Gasteiger partial charge on any atom is 0.119 e. The largest absolute Gasteiger partial charge is 0.494 e. The Hall–Kier alpha value is -2.42. The zero-order chi connectivity index (χ0) is 17.4. The second-order valence-corrected chi connectivity index (χ2v) is 6.77. The number of rotatable bonds is 7. The average Bonchev–Trinajstić information content (AvgIpc) is 2.57. The Morgan fingerprint density at radius 3 is 1.96 bits per heavy atom. The van der Waals surface area contributed by atoms with Crippen LogP contribution in [0.1, 0.15) is 39.2 Å². The van der Waals surface area contributed by atoms with Gasteiger partial charge in [0.2, 0.25) is 0 Å². The van der Waals surface area contributed by atoms with Crippen molar-refractivity contribution in [1.29, 1.82) is 0 Å². The normalized spacial score (nSPS) is 11.6. The SMILES string of the molecule is C=CCCCOc1ccc(N=Nc2ccc(C(C)(C)C)cc2)cc1. The molecule has 0 bridgehead atoms. The molecule has 3 nitrogen and oxygen atoms in total. The molecule has 0 saturated carbocycles. The van der Waals surface area contributed by atoms with E-state index in [1.54, 1.807) is 0 Å². The van der Waals surface area contributed by atoms with Crippen LogP contribution in [0.15, 0.2) is 71.4 Å². The van der Waals surface area contributed by atoms with Gasteiger partial charge in [-0.05, 0) is 60.2 Å². The quantitative estimate of drug-likeness (QED) is 0.315. The summed E-state index contributed by atoms with van der Waals surface area (Å²) in [6, 6.07) is 15.9. The summed E-state index contributed by atoms with van der Waals surface area (Å²) in [5.41, 5.74) is 3.11. The molecule has 0 atom stereocenters. The molecule has 2 rings (SSSR count). The van der Waals surface area contributed by atoms with Crippen molar-refractivity contribution in [2.45, 2.75) is 39.0 Å². The summed E-state index contributed by atoms with van der Waals surface area (Å²) in [5, 5.41) is 8.56. The number of azo groups is 1. The molecule has 0 N–H and O–H groups in total. The number of hydrogen-bond donors (Lipinski definition) is 0. The Morgan fingerprint density at radius 1 is 0.917 bits per heavy atom. The van der Waals surface area contributed by atoms with Crippen LogP contribution >= 0.6 is 0 Å². The van der Waals surface area contributed by atoms with E-state index in [9.17, 15) is 0 Å². The van der Waals surface area contributed by atoms with Crippen molar-refractivity contribution in [2.24, 2.45) is 10.2 Å². The first-order valence-corrected chi connectivity index (χ1v) is 8.35. The standard InChI is InChI=1S/C21H26N2O/c1-5-6-7-16-24-20-14-12-19(13-15-20)23-22-18-10-8-17(9-11-18)21(2,3)4/h5,8-15H,1,6-7,16H2,2-4H3. The zero-order valence-electron chi connectivity index (χ0n) is 14.8. The van der Waals surface area contributed by atoms with E-state index in [0.29, 0.717) is 6.61 Å². The van der Waals surface area contributed by atoms with E-state index in [1.165, 1.54) is 5.56 Å². The summed E-state index contributed by atoms with van der Waals surface area (Å²) in [7, 11) is 0. The highest BCUT2D eigenvalue weighted by molar-refractivity contribution is 5.43. The van der Waals surface area contributed by atoms with Gasteiger partial charge in [-0.3, -0.25) is 0 Å². The maximum atomic E-state index is 5.65. The van der Waals surface area contributed by atoms with Crippen LogP contribution in [0.5, 0.6) is 5.75 Å². The third-order valence-electron chi connectivity index (χ3n) is 3.67. The number of nitrogens with zero attached hydrogens (tertiary/aromatic N) is 2. The minimum absolute atomic E-state index is 0.150. The highest BCUT2D eigenvalue weighted by Gasteiger charge is 2.12. The monoisotopic (exact) mass is 322 g/mol. The van der Waals surface area contributed by atoms with Gasteiger partial charge in [-0.15, -0.1) is 6.58 Å². The molecule has 0 fully saturated rings. The van der Waals surface area contributed by atoms with Gasteiger partial charge in [-0.25, -0.2) is 0 Å². The number of hydrogen-bond acceptors (Lipinski definition) is 3. The first-order valence-electron chi connectivity index (χ1n) is 8.35. The van der Waals surface area contributed by atoms with Gasteiger partial charge >= 0.3 is 0 Å². The number of ether oxygens (including phenoxy) is 1. The van der Waals surface area contributed by atoms with E-state index < -0.39 is 0 Å². The van der Waals surface area contributed by atoms with Gasteiger partial charge in [0.15, 0.2) is 0 Å². The molecular formula is C21H26N2O. The number of allylic oxidation sites excluding steroid dienone is 1. The van der Waals surface area contributed by atoms with Gasteiger partial charge in [-0.1, -0.05) is 39.0 Å². The van der Waals surface area contributed by atoms with E-state index in [0.717, 1.165) is 30.0 Å². The van der Waals surface area contributed by atoms with Crippen LogP contribution in [0.3, 0.4) is 0 Å². The highest BCUT2D eigenvalue weighted by Crippen LogP contribution is 2.26. The second kappa shape index (κ2) is 8.44. The van der Waals surface area contributed by atoms with Crippen LogP contribution in [-0.4, -0.2) is 6.61 Å². The third-order valence-corrected chi connectivity index (χ3v) is 3.67. The molecule has 0 spiro atoms. The Balaban J connectivity index is 1.93. The molecule has 126 valence electrons. The van der Waals surface area contributed by atoms with Gasteiger partial charge in [0.05, 0.1) is 18.0 Å². The number of unbranched alkanes of at least 4 members (excludes halogenated alkanes) is 1. The van der Waals surface area contributed by atoms with Gasteiger partial charge in [0, 0.05) is 0 Å². The summed E-state index contributed by atoms with van der Waals surface area (Å²) >= 11 is 0. The van der Waals surface area contributed by atoms with Crippen molar-refractivity contribution in [1.82, 2.24) is 0 Å². The van der Waals surface area contributed by atoms with Crippen LogP contribution in [0.2, 0.25) is 0 Å². The molecule has 24 heavy (non-hydrogen) atoms. The average molecular weight is 322 g/mol. The van der Waals surface area contributed by atoms with Gasteiger partial charge < -0.3 is 4.74 Å². The van der Waals surface area contributed by atoms with Crippen LogP contribution in [-0.2, 0) is 5.41 Å². The lowest BCUT2D eigenvalue weighted by Gasteiger charge is -2.18. The second-order valence-electron chi connectivity index (χ2n) is 6.77. The fraction of sp³-hybridized carbons (Fsp3) is 0.333. The van der Waals surface area contributed by atoms with Crippen molar-refractivity contribution < 1.29 is 4.74 Å². The molecule has 3 heteroatoms. The van der Waals surface area contributed by atoms with Crippen LogP contribution in [0, 0.1) is 0 Å². The Kier molecular flexibility index (Phi) is 6.30. The van der Waals surface area contributed by atoms with E-state index >= 15 is 0 Å². The molecule has 2 aromatic rings. The van der Waals surface area contributed by atoms with Crippen molar-refractivity contribution >= 4 is 11.4 Å². The zero-order valence-corrected chi connectivity index (χ0v) is 14.8. The molecule has 0 radical (unpaired) electrons. The molecule has 0 aliphatic rings. The first-order chi connectivity index (χ1) is 11.5. The molecule has 0 saturated heterocycles. The fourth-order valence-corrected chi connectivity index (χ4v) is 2.17. The van der Waals surface area contributed by atoms with Crippen molar-refractivity contribution in [2.75, 3.05) is 6.61 Å². The van der Waals surface area contributed by atoms with E-state index in [2.05, 4.69) is 49.7 Å². The van der Waals surface area contributed by atoms with E-state index in [1.807, 2.05) is 42.5 Å². The summed E-state index contributed by atoms with van der Waals surface area (Å²) < 4.78 is 5.65. The highest BCUT2D eigenvalue weighted by atomic mass is 16.5. The number of benzene rings is 2. The molecule has 0 heterocycles. The third kappa shape index (κ3) is 5.65. The van der Waals surface area contributed by atoms with Crippen molar-refractivity contribution in [3.8, 4) is 5.75 Å². The van der Waals surface area contributed by atoms with Gasteiger partial charge in [0.25, 0.3) is 0 Å². The minimum atomic E-state index is 0.150. The molecule has 2 aromatic carbocycles. The summed E-state index contributed by atoms with van der Waals surface area (Å²) in [6.45, 7) is 11.0. The van der Waals surface area contributed by atoms with Crippen LogP contribution < -0.4 is 4.74 Å². The van der Waals surface area contributed by atoms with Gasteiger partial charge in [0.1, 0.15) is 5.75 Å². The summed E-state index contributed by atoms with van der Waals surface area (Å²) in [4.78, 5) is 0. The Labute approximate surface area is 145 Å². The topological polar surface area (TPSA) is 34.0 Å². The molecule has 0 unspecified atom stereocenters. The van der Waals surface area contributed by atoms with E-state index in [-0.39, 0.29) is 5.41 Å². The fourth-order valence-electron chi connectivity index (χ4n) is 2.17. The molecule has 0 aromatic heterocycles. The predicted molar refractivity (Wildman–Crippen MR) is 101 cm³/mol. The van der Waals surface area contributed by atoms with Crippen molar-refractivity contribution in [3.63, 3.8) is 0 Å². The molecule has 0 amide bonds. The predicted octanol–water partition coefficient (Wildman–Crippen LogP) is 6.74. The first kappa shape index (κ1) is 17.9. The van der Waals surface area contributed by atoms with Crippen LogP contribution in [0.4, 0.5) is 11.4 Å². The molecule has 0 aliphatic heterocycles. The lowest BCUT2D eigenvalue weighted by molar-refractivity contribution is 0.312.